The molecule has 29 heavy (non-hydrogen) atoms. The van der Waals surface area contributed by atoms with Crippen LogP contribution in [0.15, 0.2) is 12.1 Å². The van der Waals surface area contributed by atoms with E-state index < -0.39 is 35.2 Å². The van der Waals surface area contributed by atoms with Gasteiger partial charge in [0.25, 0.3) is 0 Å². The summed E-state index contributed by atoms with van der Waals surface area (Å²) in [5.74, 6) is -4.94. The van der Waals surface area contributed by atoms with Crippen LogP contribution in [0.1, 0.15) is 57.4 Å². The SMILES string of the molecule is CCCCCCCC(=O)N[C@H](CC(N)=O)C(=O)NCCc1cc(F)c(O)c(F)c1. The second-order valence-corrected chi connectivity index (χ2v) is 6.90. The Morgan fingerprint density at radius 2 is 1.72 bits per heavy atom. The van der Waals surface area contributed by atoms with E-state index in [1.165, 1.54) is 0 Å². The van der Waals surface area contributed by atoms with Crippen molar-refractivity contribution in [1.29, 1.82) is 0 Å². The van der Waals surface area contributed by atoms with E-state index in [9.17, 15) is 23.2 Å². The molecule has 0 saturated heterocycles. The lowest BCUT2D eigenvalue weighted by Crippen LogP contribution is -2.49. The van der Waals surface area contributed by atoms with Crippen molar-refractivity contribution < 1.29 is 28.3 Å². The molecule has 0 aliphatic carbocycles. The Morgan fingerprint density at radius 1 is 1.10 bits per heavy atom. The van der Waals surface area contributed by atoms with Gasteiger partial charge in [0, 0.05) is 13.0 Å². The predicted octanol–water partition coefficient (Wildman–Crippen LogP) is 2.05. The summed E-state index contributed by atoms with van der Waals surface area (Å²) >= 11 is 0. The number of benzene rings is 1. The van der Waals surface area contributed by atoms with E-state index in [-0.39, 0.29) is 37.3 Å². The standard InChI is InChI=1S/C20H29F2N3O4/c1-2-3-4-5-6-7-18(27)25-16(12-17(23)26)20(29)24-9-8-13-10-14(21)19(28)15(22)11-13/h10-11,16,28H,2-9,12H2,1H3,(H2,23,26)(H,24,29)(H,25,27)/t16-/m1/s1. The number of phenolic OH excluding ortho intramolecular Hbond substituents is 1. The van der Waals surface area contributed by atoms with Crippen LogP contribution in [-0.4, -0.2) is 35.4 Å². The second-order valence-electron chi connectivity index (χ2n) is 6.90. The number of hydrogen-bond donors (Lipinski definition) is 4. The Kier molecular flexibility index (Phi) is 10.6. The van der Waals surface area contributed by atoms with E-state index in [2.05, 4.69) is 17.6 Å². The molecule has 0 spiro atoms. The summed E-state index contributed by atoms with van der Waals surface area (Å²) in [6, 6.07) is 0.821. The zero-order chi connectivity index (χ0) is 21.8. The van der Waals surface area contributed by atoms with Crippen LogP contribution in [-0.2, 0) is 20.8 Å². The van der Waals surface area contributed by atoms with Gasteiger partial charge in [-0.25, -0.2) is 8.78 Å². The number of unbranched alkanes of at least 4 members (excludes halogenated alkanes) is 4. The first-order valence-electron chi connectivity index (χ1n) is 9.76. The van der Waals surface area contributed by atoms with Gasteiger partial charge in [0.2, 0.25) is 17.7 Å². The van der Waals surface area contributed by atoms with Gasteiger partial charge >= 0.3 is 0 Å². The van der Waals surface area contributed by atoms with Gasteiger partial charge in [-0.3, -0.25) is 14.4 Å². The smallest absolute Gasteiger partial charge is 0.243 e. The predicted molar refractivity (Wildman–Crippen MR) is 104 cm³/mol. The summed E-state index contributed by atoms with van der Waals surface area (Å²) in [4.78, 5) is 35.5. The molecule has 0 bridgehead atoms. The monoisotopic (exact) mass is 413 g/mol. The molecule has 1 rings (SSSR count). The van der Waals surface area contributed by atoms with Crippen molar-refractivity contribution in [3.63, 3.8) is 0 Å². The molecule has 1 aromatic rings. The first-order valence-corrected chi connectivity index (χ1v) is 9.76. The molecule has 0 unspecified atom stereocenters. The van der Waals surface area contributed by atoms with Crippen LogP contribution in [0.4, 0.5) is 8.78 Å². The summed E-state index contributed by atoms with van der Waals surface area (Å²) in [5.41, 5.74) is 5.39. The maximum absolute atomic E-state index is 13.3. The molecule has 0 heterocycles. The molecule has 1 aromatic carbocycles. The number of carbonyl (C=O) groups excluding carboxylic acids is 3. The molecule has 0 radical (unpaired) electrons. The molecule has 0 aliphatic rings. The quantitative estimate of drug-likeness (QED) is 0.370. The highest BCUT2D eigenvalue weighted by Gasteiger charge is 2.22. The summed E-state index contributed by atoms with van der Waals surface area (Å²) in [5, 5.41) is 14.1. The molecular weight excluding hydrogens is 384 g/mol. The third-order valence-corrected chi connectivity index (χ3v) is 4.35. The number of amides is 3. The maximum atomic E-state index is 13.3. The summed E-state index contributed by atoms with van der Waals surface area (Å²) < 4.78 is 26.7. The van der Waals surface area contributed by atoms with Gasteiger partial charge in [0.15, 0.2) is 17.4 Å². The highest BCUT2D eigenvalue weighted by Crippen LogP contribution is 2.21. The summed E-state index contributed by atoms with van der Waals surface area (Å²) in [6.45, 7) is 2.11. The van der Waals surface area contributed by atoms with Gasteiger partial charge in [-0.15, -0.1) is 0 Å². The molecule has 0 aliphatic heterocycles. The van der Waals surface area contributed by atoms with E-state index >= 15 is 0 Å². The fourth-order valence-corrected chi connectivity index (χ4v) is 2.78. The average molecular weight is 413 g/mol. The minimum atomic E-state index is -1.11. The molecule has 0 aromatic heterocycles. The molecule has 5 N–H and O–H groups in total. The van der Waals surface area contributed by atoms with Crippen molar-refractivity contribution in [3.8, 4) is 5.75 Å². The van der Waals surface area contributed by atoms with Gasteiger partial charge in [0.05, 0.1) is 6.42 Å². The van der Waals surface area contributed by atoms with Crippen molar-refractivity contribution in [1.82, 2.24) is 10.6 Å². The fourth-order valence-electron chi connectivity index (χ4n) is 2.78. The summed E-state index contributed by atoms with van der Waals surface area (Å²) in [7, 11) is 0. The number of carbonyl (C=O) groups is 3. The third-order valence-electron chi connectivity index (χ3n) is 4.35. The van der Waals surface area contributed by atoms with Crippen molar-refractivity contribution in [2.75, 3.05) is 6.54 Å². The van der Waals surface area contributed by atoms with E-state index in [0.29, 0.717) is 6.42 Å². The van der Waals surface area contributed by atoms with Crippen LogP contribution in [0.2, 0.25) is 0 Å². The van der Waals surface area contributed by atoms with E-state index in [1.54, 1.807) is 0 Å². The molecule has 7 nitrogen and oxygen atoms in total. The molecule has 3 amide bonds. The van der Waals surface area contributed by atoms with Crippen molar-refractivity contribution in [2.45, 2.75) is 64.3 Å². The van der Waals surface area contributed by atoms with Gasteiger partial charge in [-0.1, -0.05) is 32.6 Å². The van der Waals surface area contributed by atoms with Crippen molar-refractivity contribution in [3.05, 3.63) is 29.3 Å². The fraction of sp³-hybridized carbons (Fsp3) is 0.550. The minimum Gasteiger partial charge on any atom is -0.503 e. The molecule has 0 saturated carbocycles. The van der Waals surface area contributed by atoms with Crippen LogP contribution >= 0.6 is 0 Å². The molecule has 1 atom stereocenters. The lowest BCUT2D eigenvalue weighted by molar-refractivity contribution is -0.131. The number of nitrogens with two attached hydrogens (primary N) is 1. The lowest BCUT2D eigenvalue weighted by atomic mass is 10.1. The van der Waals surface area contributed by atoms with Crippen LogP contribution in [0.3, 0.4) is 0 Å². The number of phenols is 1. The van der Waals surface area contributed by atoms with Gasteiger partial charge in [-0.2, -0.15) is 0 Å². The molecule has 0 fully saturated rings. The van der Waals surface area contributed by atoms with Crippen LogP contribution in [0, 0.1) is 11.6 Å². The highest BCUT2D eigenvalue weighted by molar-refractivity contribution is 5.91. The second kappa shape index (κ2) is 12.7. The van der Waals surface area contributed by atoms with Crippen molar-refractivity contribution in [2.24, 2.45) is 5.73 Å². The zero-order valence-corrected chi connectivity index (χ0v) is 16.6. The summed E-state index contributed by atoms with van der Waals surface area (Å²) in [6.07, 6.45) is 4.82. The Hall–Kier alpha value is -2.71. The number of nitrogens with one attached hydrogen (secondary N) is 2. The first kappa shape index (κ1) is 24.3. The minimum absolute atomic E-state index is 0.0185. The lowest BCUT2D eigenvalue weighted by Gasteiger charge is -2.17. The average Bonchev–Trinajstić information content (AvgIpc) is 2.64. The van der Waals surface area contributed by atoms with E-state index in [4.69, 9.17) is 10.8 Å². The van der Waals surface area contributed by atoms with Crippen molar-refractivity contribution >= 4 is 17.7 Å². The number of hydrogen-bond acceptors (Lipinski definition) is 4. The van der Waals surface area contributed by atoms with Crippen LogP contribution in [0.5, 0.6) is 5.75 Å². The number of halogens is 2. The first-order chi connectivity index (χ1) is 13.7. The van der Waals surface area contributed by atoms with Gasteiger partial charge < -0.3 is 21.5 Å². The van der Waals surface area contributed by atoms with E-state index in [0.717, 1.165) is 37.8 Å². The van der Waals surface area contributed by atoms with E-state index in [1.807, 2.05) is 0 Å². The van der Waals surface area contributed by atoms with Gasteiger partial charge in [0.1, 0.15) is 6.04 Å². The van der Waals surface area contributed by atoms with Crippen LogP contribution in [0.25, 0.3) is 0 Å². The Balaban J connectivity index is 2.51. The molecule has 162 valence electrons. The van der Waals surface area contributed by atoms with Gasteiger partial charge in [-0.05, 0) is 30.5 Å². The zero-order valence-electron chi connectivity index (χ0n) is 16.6. The number of rotatable bonds is 13. The molecular formula is C20H29F2N3O4. The topological polar surface area (TPSA) is 122 Å². The number of aromatic hydroxyl groups is 1. The third kappa shape index (κ3) is 9.36. The Labute approximate surface area is 169 Å². The largest absolute Gasteiger partial charge is 0.503 e. The Morgan fingerprint density at radius 3 is 2.31 bits per heavy atom. The normalized spacial score (nSPS) is 11.7. The van der Waals surface area contributed by atoms with Crippen LogP contribution < -0.4 is 16.4 Å². The maximum Gasteiger partial charge on any atom is 0.243 e. The number of primary amides is 1. The highest BCUT2D eigenvalue weighted by atomic mass is 19.1. The molecule has 9 heteroatoms. The Bertz CT molecular complexity index is 690.